The minimum Gasteiger partial charge on any atom is -0.479 e. The highest BCUT2D eigenvalue weighted by Crippen LogP contribution is 2.44. The van der Waals surface area contributed by atoms with E-state index < -0.39 is 23.9 Å². The normalized spacial score (nSPS) is 13.2. The molecule has 0 saturated carbocycles. The third-order valence-corrected chi connectivity index (χ3v) is 6.07. The van der Waals surface area contributed by atoms with Gasteiger partial charge in [0.1, 0.15) is 12.4 Å². The van der Waals surface area contributed by atoms with Crippen LogP contribution in [0.5, 0.6) is 0 Å². The van der Waals surface area contributed by atoms with Crippen LogP contribution in [0, 0.1) is 5.82 Å². The minimum absolute atomic E-state index is 0.0442. The summed E-state index contributed by atoms with van der Waals surface area (Å²) in [5.41, 5.74) is 4.13. The molecule has 0 bridgehead atoms. The maximum atomic E-state index is 14.6. The van der Waals surface area contributed by atoms with Gasteiger partial charge in [-0.1, -0.05) is 73.1 Å². The number of fused-ring (bicyclic) bond motifs is 3. The summed E-state index contributed by atoms with van der Waals surface area (Å²) in [5, 5.41) is 10.00. The third-order valence-electron chi connectivity index (χ3n) is 5.84. The molecule has 0 spiro atoms. The zero-order chi connectivity index (χ0) is 23.5. The molecule has 0 radical (unpaired) electrons. The second-order valence-corrected chi connectivity index (χ2v) is 8.34. The molecular formula is C26H23ClFNO4. The Morgan fingerprint density at radius 3 is 2.21 bits per heavy atom. The zero-order valence-electron chi connectivity index (χ0n) is 18.0. The summed E-state index contributed by atoms with van der Waals surface area (Å²) >= 11 is 5.82. The summed E-state index contributed by atoms with van der Waals surface area (Å²) in [7, 11) is 0. The summed E-state index contributed by atoms with van der Waals surface area (Å²) < 4.78 is 20.2. The Labute approximate surface area is 196 Å². The van der Waals surface area contributed by atoms with Crippen LogP contribution in [-0.4, -0.2) is 35.2 Å². The Morgan fingerprint density at radius 1 is 1.06 bits per heavy atom. The van der Waals surface area contributed by atoms with Gasteiger partial charge in [-0.15, -0.1) is 0 Å². The number of benzene rings is 3. The number of hydrogen-bond acceptors (Lipinski definition) is 3. The molecule has 1 amide bonds. The monoisotopic (exact) mass is 467 g/mol. The van der Waals surface area contributed by atoms with Crippen LogP contribution in [0.1, 0.15) is 42.0 Å². The van der Waals surface area contributed by atoms with Gasteiger partial charge in [-0.3, -0.25) is 4.90 Å². The molecule has 3 aromatic carbocycles. The average Bonchev–Trinajstić information content (AvgIpc) is 3.12. The molecule has 170 valence electrons. The van der Waals surface area contributed by atoms with E-state index in [9.17, 15) is 19.1 Å². The first-order chi connectivity index (χ1) is 15.9. The predicted octanol–water partition coefficient (Wildman–Crippen LogP) is 6.27. The first-order valence-corrected chi connectivity index (χ1v) is 11.1. The predicted molar refractivity (Wildman–Crippen MR) is 124 cm³/mol. The number of halogens is 2. The van der Waals surface area contributed by atoms with E-state index in [-0.39, 0.29) is 29.7 Å². The molecule has 4 rings (SSSR count). The molecule has 1 aliphatic carbocycles. The highest BCUT2D eigenvalue weighted by atomic mass is 35.5. The Bertz CT molecular complexity index is 1150. The molecule has 0 aliphatic heterocycles. The Morgan fingerprint density at radius 2 is 1.67 bits per heavy atom. The third kappa shape index (κ3) is 4.44. The summed E-state index contributed by atoms with van der Waals surface area (Å²) in [6.07, 6.45) is -0.330. The van der Waals surface area contributed by atoms with Crippen molar-refractivity contribution in [3.8, 4) is 11.1 Å². The second kappa shape index (κ2) is 9.63. The molecule has 3 aromatic rings. The number of ether oxygens (including phenoxy) is 1. The summed E-state index contributed by atoms with van der Waals surface area (Å²) in [5.74, 6) is -2.30. The van der Waals surface area contributed by atoms with Crippen molar-refractivity contribution in [3.63, 3.8) is 0 Å². The van der Waals surface area contributed by atoms with Crippen LogP contribution in [0.15, 0.2) is 66.7 Å². The standard InChI is InChI=1S/C26H23ClFNO4/c1-2-13-29(24(25(30)31)21-12-11-16(27)14-23(21)28)26(32)33-15-22-19-9-5-3-7-17(19)18-8-4-6-10-20(18)22/h3-12,14,22,24H,2,13,15H2,1H3,(H,30,31). The van der Waals surface area contributed by atoms with E-state index in [0.29, 0.717) is 6.42 Å². The van der Waals surface area contributed by atoms with Crippen molar-refractivity contribution >= 4 is 23.7 Å². The van der Waals surface area contributed by atoms with Crippen molar-refractivity contribution in [2.75, 3.05) is 13.2 Å². The van der Waals surface area contributed by atoms with Gasteiger partial charge in [0.05, 0.1) is 0 Å². The summed E-state index contributed by atoms with van der Waals surface area (Å²) in [6, 6.07) is 18.1. The number of aliphatic carboxylic acids is 1. The topological polar surface area (TPSA) is 66.8 Å². The van der Waals surface area contributed by atoms with Crippen molar-refractivity contribution in [1.82, 2.24) is 4.90 Å². The lowest BCUT2D eigenvalue weighted by molar-refractivity contribution is -0.143. The summed E-state index contributed by atoms with van der Waals surface area (Å²) in [6.45, 7) is 1.94. The Hall–Kier alpha value is -3.38. The Kier molecular flexibility index (Phi) is 6.65. The number of carbonyl (C=O) groups excluding carboxylic acids is 1. The smallest absolute Gasteiger partial charge is 0.410 e. The van der Waals surface area contributed by atoms with Crippen LogP contribution in [0.2, 0.25) is 5.02 Å². The molecule has 1 aliphatic rings. The maximum Gasteiger partial charge on any atom is 0.410 e. The SMILES string of the molecule is CCCN(C(=O)OCC1c2ccccc2-c2ccccc21)C(C(=O)O)c1ccc(Cl)cc1F. The number of carbonyl (C=O) groups is 2. The molecular weight excluding hydrogens is 445 g/mol. The van der Waals surface area contributed by atoms with Crippen LogP contribution >= 0.6 is 11.6 Å². The van der Waals surface area contributed by atoms with E-state index in [0.717, 1.165) is 33.2 Å². The fourth-order valence-electron chi connectivity index (χ4n) is 4.40. The van der Waals surface area contributed by atoms with Gasteiger partial charge >= 0.3 is 12.1 Å². The molecule has 33 heavy (non-hydrogen) atoms. The quantitative estimate of drug-likeness (QED) is 0.445. The molecule has 0 heterocycles. The molecule has 1 N–H and O–H groups in total. The van der Waals surface area contributed by atoms with Gasteiger partial charge in [-0.05, 0) is 40.8 Å². The van der Waals surface area contributed by atoms with E-state index >= 15 is 0 Å². The minimum atomic E-state index is -1.53. The fourth-order valence-corrected chi connectivity index (χ4v) is 4.56. The van der Waals surface area contributed by atoms with Crippen LogP contribution < -0.4 is 0 Å². The molecule has 5 nitrogen and oxygen atoms in total. The number of carboxylic acids is 1. The van der Waals surface area contributed by atoms with Gasteiger partial charge in [0.15, 0.2) is 6.04 Å². The van der Waals surface area contributed by atoms with Crippen molar-refractivity contribution in [2.24, 2.45) is 0 Å². The van der Waals surface area contributed by atoms with Crippen molar-refractivity contribution in [2.45, 2.75) is 25.3 Å². The van der Waals surface area contributed by atoms with E-state index in [2.05, 4.69) is 0 Å². The van der Waals surface area contributed by atoms with Gasteiger partial charge in [0, 0.05) is 23.0 Å². The fraction of sp³-hybridized carbons (Fsp3) is 0.231. The zero-order valence-corrected chi connectivity index (χ0v) is 18.8. The second-order valence-electron chi connectivity index (χ2n) is 7.90. The lowest BCUT2D eigenvalue weighted by atomic mass is 9.98. The van der Waals surface area contributed by atoms with Crippen LogP contribution in [0.4, 0.5) is 9.18 Å². The van der Waals surface area contributed by atoms with E-state index in [1.165, 1.54) is 12.1 Å². The first kappa shape index (κ1) is 22.8. The average molecular weight is 468 g/mol. The largest absolute Gasteiger partial charge is 0.479 e. The van der Waals surface area contributed by atoms with E-state index in [1.807, 2.05) is 48.5 Å². The van der Waals surface area contributed by atoms with Crippen LogP contribution in [-0.2, 0) is 9.53 Å². The van der Waals surface area contributed by atoms with E-state index in [4.69, 9.17) is 16.3 Å². The van der Waals surface area contributed by atoms with Crippen molar-refractivity contribution < 1.29 is 23.8 Å². The molecule has 0 saturated heterocycles. The van der Waals surface area contributed by atoms with Gasteiger partial charge in [0.25, 0.3) is 0 Å². The highest BCUT2D eigenvalue weighted by Gasteiger charge is 2.35. The Balaban J connectivity index is 1.60. The number of nitrogens with zero attached hydrogens (tertiary/aromatic N) is 1. The van der Waals surface area contributed by atoms with Crippen molar-refractivity contribution in [3.05, 3.63) is 94.3 Å². The van der Waals surface area contributed by atoms with Gasteiger partial charge < -0.3 is 9.84 Å². The first-order valence-electron chi connectivity index (χ1n) is 10.7. The van der Waals surface area contributed by atoms with Crippen LogP contribution in [0.25, 0.3) is 11.1 Å². The molecule has 0 aromatic heterocycles. The number of hydrogen-bond donors (Lipinski definition) is 1. The highest BCUT2D eigenvalue weighted by molar-refractivity contribution is 6.30. The number of amides is 1. The van der Waals surface area contributed by atoms with E-state index in [1.54, 1.807) is 6.92 Å². The van der Waals surface area contributed by atoms with Crippen molar-refractivity contribution in [1.29, 1.82) is 0 Å². The maximum absolute atomic E-state index is 14.6. The van der Waals surface area contributed by atoms with Gasteiger partial charge in [-0.25, -0.2) is 14.0 Å². The lowest BCUT2D eigenvalue weighted by Crippen LogP contribution is -2.40. The number of carboxylic acid groups (broad SMARTS) is 1. The molecule has 1 unspecified atom stereocenters. The van der Waals surface area contributed by atoms with Crippen LogP contribution in [0.3, 0.4) is 0 Å². The molecule has 0 fully saturated rings. The molecule has 1 atom stereocenters. The lowest BCUT2D eigenvalue weighted by Gasteiger charge is -2.29. The van der Waals surface area contributed by atoms with Gasteiger partial charge in [-0.2, -0.15) is 0 Å². The van der Waals surface area contributed by atoms with Gasteiger partial charge in [0.2, 0.25) is 0 Å². The number of rotatable bonds is 7. The summed E-state index contributed by atoms with van der Waals surface area (Å²) in [4.78, 5) is 26.3. The molecule has 7 heteroatoms.